The molecular formula is C11H17N3O4. The zero-order chi connectivity index (χ0) is 13.8. The topological polar surface area (TPSA) is 105 Å². The molecule has 2 N–H and O–H groups in total. The van der Waals surface area contributed by atoms with Crippen molar-refractivity contribution in [1.82, 2.24) is 15.5 Å². The molecule has 0 fully saturated rings. The average molecular weight is 255 g/mol. The smallest absolute Gasteiger partial charge is 0.309 e. The van der Waals surface area contributed by atoms with Crippen LogP contribution in [0.25, 0.3) is 0 Å². The number of carbonyl (C=O) groups is 2. The van der Waals surface area contributed by atoms with E-state index < -0.39 is 11.4 Å². The van der Waals surface area contributed by atoms with Gasteiger partial charge in [0.05, 0.1) is 5.41 Å². The highest BCUT2D eigenvalue weighted by Crippen LogP contribution is 2.19. The molecule has 1 heterocycles. The van der Waals surface area contributed by atoms with Gasteiger partial charge in [-0.25, -0.2) is 0 Å². The van der Waals surface area contributed by atoms with E-state index in [1.165, 1.54) is 13.8 Å². The van der Waals surface area contributed by atoms with Crippen LogP contribution in [0.2, 0.25) is 0 Å². The van der Waals surface area contributed by atoms with E-state index in [0.717, 1.165) is 0 Å². The van der Waals surface area contributed by atoms with Crippen LogP contribution in [0.15, 0.2) is 4.52 Å². The van der Waals surface area contributed by atoms with Gasteiger partial charge in [-0.3, -0.25) is 9.59 Å². The molecule has 1 amide bonds. The van der Waals surface area contributed by atoms with Crippen LogP contribution >= 0.6 is 0 Å². The van der Waals surface area contributed by atoms with Gasteiger partial charge in [0.2, 0.25) is 11.8 Å². The van der Waals surface area contributed by atoms with E-state index in [1.54, 1.807) is 6.92 Å². The minimum atomic E-state index is -1.06. The lowest BCUT2D eigenvalue weighted by molar-refractivity contribution is -0.149. The number of carboxylic acid groups (broad SMARTS) is 1. The largest absolute Gasteiger partial charge is 0.481 e. The molecule has 0 unspecified atom stereocenters. The Hall–Kier alpha value is -1.92. The molecule has 0 aliphatic rings. The lowest BCUT2D eigenvalue weighted by Gasteiger charge is -2.17. The molecule has 0 aliphatic heterocycles. The number of hydrogen-bond donors (Lipinski definition) is 2. The zero-order valence-electron chi connectivity index (χ0n) is 10.7. The van der Waals surface area contributed by atoms with E-state index in [9.17, 15) is 9.59 Å². The van der Waals surface area contributed by atoms with E-state index in [4.69, 9.17) is 9.63 Å². The highest BCUT2D eigenvalue weighted by molar-refractivity contribution is 5.84. The monoisotopic (exact) mass is 255 g/mol. The van der Waals surface area contributed by atoms with Crippen LogP contribution in [0, 0.1) is 12.3 Å². The minimum Gasteiger partial charge on any atom is -0.481 e. The summed E-state index contributed by atoms with van der Waals surface area (Å²) >= 11 is 0. The Balaban J connectivity index is 2.32. The van der Waals surface area contributed by atoms with Gasteiger partial charge in [-0.15, -0.1) is 0 Å². The minimum absolute atomic E-state index is 0.0619. The number of amides is 1. The third kappa shape index (κ3) is 4.15. The Morgan fingerprint density at radius 3 is 2.61 bits per heavy atom. The Labute approximate surface area is 105 Å². The third-order valence-corrected chi connectivity index (χ3v) is 2.42. The summed E-state index contributed by atoms with van der Waals surface area (Å²) in [6.07, 6.45) is 0.393. The number of rotatable bonds is 6. The molecule has 1 aromatic heterocycles. The van der Waals surface area contributed by atoms with Crippen LogP contribution < -0.4 is 5.32 Å². The predicted octanol–water partition coefficient (Wildman–Crippen LogP) is 0.538. The fourth-order valence-corrected chi connectivity index (χ4v) is 1.30. The van der Waals surface area contributed by atoms with Crippen molar-refractivity contribution in [2.24, 2.45) is 5.41 Å². The molecule has 0 atom stereocenters. The van der Waals surface area contributed by atoms with Gasteiger partial charge in [0.25, 0.3) is 0 Å². The second-order valence-electron chi connectivity index (χ2n) is 4.70. The maximum Gasteiger partial charge on any atom is 0.309 e. The Morgan fingerprint density at radius 2 is 2.11 bits per heavy atom. The zero-order valence-corrected chi connectivity index (χ0v) is 10.7. The normalized spacial score (nSPS) is 11.3. The number of nitrogens with zero attached hydrogens (tertiary/aromatic N) is 2. The molecule has 18 heavy (non-hydrogen) atoms. The molecule has 0 aromatic carbocycles. The van der Waals surface area contributed by atoms with Crippen LogP contribution in [0.5, 0.6) is 0 Å². The first kappa shape index (κ1) is 14.1. The molecule has 1 rings (SSSR count). The second-order valence-corrected chi connectivity index (χ2v) is 4.70. The molecule has 0 bridgehead atoms. The molecule has 100 valence electrons. The molecule has 0 saturated carbocycles. The SMILES string of the molecule is Cc1nc(CCNC(=O)CC(C)(C)C(=O)O)no1. The molecule has 7 nitrogen and oxygen atoms in total. The second kappa shape index (κ2) is 5.61. The number of aliphatic carboxylic acids is 1. The maximum atomic E-state index is 11.5. The average Bonchev–Trinajstić information content (AvgIpc) is 2.63. The summed E-state index contributed by atoms with van der Waals surface area (Å²) in [5, 5.41) is 15.2. The van der Waals surface area contributed by atoms with E-state index in [1.807, 2.05) is 0 Å². The summed E-state index contributed by atoms with van der Waals surface area (Å²) in [4.78, 5) is 26.3. The number of carboxylic acids is 1. The van der Waals surface area contributed by atoms with Gasteiger partial charge in [0, 0.05) is 26.3 Å². The van der Waals surface area contributed by atoms with Gasteiger partial charge in [-0.2, -0.15) is 4.98 Å². The van der Waals surface area contributed by atoms with Crippen molar-refractivity contribution in [3.63, 3.8) is 0 Å². The van der Waals surface area contributed by atoms with E-state index in [-0.39, 0.29) is 12.3 Å². The van der Waals surface area contributed by atoms with Crippen molar-refractivity contribution in [1.29, 1.82) is 0 Å². The van der Waals surface area contributed by atoms with Crippen molar-refractivity contribution < 1.29 is 19.2 Å². The molecular weight excluding hydrogens is 238 g/mol. The highest BCUT2D eigenvalue weighted by Gasteiger charge is 2.29. The van der Waals surface area contributed by atoms with Crippen molar-refractivity contribution in [3.05, 3.63) is 11.7 Å². The molecule has 0 aliphatic carbocycles. The third-order valence-electron chi connectivity index (χ3n) is 2.42. The highest BCUT2D eigenvalue weighted by atomic mass is 16.5. The molecule has 1 aromatic rings. The van der Waals surface area contributed by atoms with Gasteiger partial charge in [-0.1, -0.05) is 5.16 Å². The van der Waals surface area contributed by atoms with Crippen LogP contribution in [-0.4, -0.2) is 33.7 Å². The summed E-state index contributed by atoms with van der Waals surface area (Å²) in [5.74, 6) is -0.303. The Morgan fingerprint density at radius 1 is 1.44 bits per heavy atom. The summed E-state index contributed by atoms with van der Waals surface area (Å²) in [5.41, 5.74) is -1.06. The lowest BCUT2D eigenvalue weighted by Crippen LogP contribution is -2.34. The Kier molecular flexibility index (Phi) is 4.41. The van der Waals surface area contributed by atoms with Crippen LogP contribution in [0.1, 0.15) is 32.0 Å². The fraction of sp³-hybridized carbons (Fsp3) is 0.636. The maximum absolute atomic E-state index is 11.5. The van der Waals surface area contributed by atoms with Gasteiger partial charge in [0.1, 0.15) is 0 Å². The first-order valence-corrected chi connectivity index (χ1v) is 5.60. The van der Waals surface area contributed by atoms with Gasteiger partial charge >= 0.3 is 5.97 Å². The summed E-state index contributed by atoms with van der Waals surface area (Å²) in [6, 6.07) is 0. The van der Waals surface area contributed by atoms with Crippen molar-refractivity contribution in [2.75, 3.05) is 6.54 Å². The number of nitrogens with one attached hydrogen (secondary N) is 1. The van der Waals surface area contributed by atoms with Gasteiger partial charge in [-0.05, 0) is 13.8 Å². The number of hydrogen-bond acceptors (Lipinski definition) is 5. The number of carbonyl (C=O) groups excluding carboxylic acids is 1. The van der Waals surface area contributed by atoms with Crippen molar-refractivity contribution >= 4 is 11.9 Å². The van der Waals surface area contributed by atoms with E-state index in [0.29, 0.717) is 24.7 Å². The standard InChI is InChI=1S/C11H17N3O4/c1-7-13-8(14-18-7)4-5-12-9(15)6-11(2,3)10(16)17/h4-6H2,1-3H3,(H,12,15)(H,16,17). The first-order valence-electron chi connectivity index (χ1n) is 5.60. The van der Waals surface area contributed by atoms with Gasteiger partial charge < -0.3 is 14.9 Å². The van der Waals surface area contributed by atoms with Crippen LogP contribution in [-0.2, 0) is 16.0 Å². The number of aryl methyl sites for hydroxylation is 1. The van der Waals surface area contributed by atoms with Crippen molar-refractivity contribution in [2.45, 2.75) is 33.6 Å². The quantitative estimate of drug-likeness (QED) is 0.768. The summed E-state index contributed by atoms with van der Waals surface area (Å²) in [7, 11) is 0. The fourth-order valence-electron chi connectivity index (χ4n) is 1.30. The van der Waals surface area contributed by atoms with Crippen LogP contribution in [0.4, 0.5) is 0 Å². The van der Waals surface area contributed by atoms with E-state index >= 15 is 0 Å². The molecule has 0 spiro atoms. The van der Waals surface area contributed by atoms with Crippen LogP contribution in [0.3, 0.4) is 0 Å². The Bertz CT molecular complexity index is 439. The first-order chi connectivity index (χ1) is 8.31. The molecule has 7 heteroatoms. The van der Waals surface area contributed by atoms with E-state index in [2.05, 4.69) is 15.5 Å². The summed E-state index contributed by atoms with van der Waals surface area (Å²) < 4.78 is 4.78. The number of aromatic nitrogens is 2. The lowest BCUT2D eigenvalue weighted by atomic mass is 9.89. The molecule has 0 radical (unpaired) electrons. The van der Waals surface area contributed by atoms with Gasteiger partial charge in [0.15, 0.2) is 5.82 Å². The van der Waals surface area contributed by atoms with Crippen molar-refractivity contribution in [3.8, 4) is 0 Å². The molecule has 0 saturated heterocycles. The predicted molar refractivity (Wildman–Crippen MR) is 61.8 cm³/mol. The summed E-state index contributed by atoms with van der Waals surface area (Å²) in [6.45, 7) is 5.06.